The fourth-order valence-electron chi connectivity index (χ4n) is 2.04. The van der Waals surface area contributed by atoms with E-state index in [9.17, 15) is 0 Å². The monoisotopic (exact) mass is 243 g/mol. The zero-order valence-electron chi connectivity index (χ0n) is 11.1. The molecular weight excluding hydrogens is 222 g/mol. The molecular formula is C15H21N3. The van der Waals surface area contributed by atoms with Gasteiger partial charge in [-0.15, -0.1) is 0 Å². The Bertz CT molecular complexity index is 462. The maximum Gasteiger partial charge on any atom is 0.0604 e. The first-order valence-corrected chi connectivity index (χ1v) is 6.58. The Morgan fingerprint density at radius 1 is 1.22 bits per heavy atom. The molecule has 1 aromatic heterocycles. The summed E-state index contributed by atoms with van der Waals surface area (Å²) in [5.41, 5.74) is 2.39. The minimum absolute atomic E-state index is 0.324. The van der Waals surface area contributed by atoms with E-state index < -0.39 is 0 Å². The van der Waals surface area contributed by atoms with Gasteiger partial charge < -0.3 is 5.32 Å². The highest BCUT2D eigenvalue weighted by Crippen LogP contribution is 2.14. The third-order valence-corrected chi connectivity index (χ3v) is 2.99. The first-order valence-electron chi connectivity index (χ1n) is 6.58. The van der Waals surface area contributed by atoms with Crippen LogP contribution >= 0.6 is 0 Å². The van der Waals surface area contributed by atoms with Crippen LogP contribution in [0.15, 0.2) is 42.6 Å². The van der Waals surface area contributed by atoms with Crippen LogP contribution in [0.4, 0.5) is 0 Å². The molecule has 0 bridgehead atoms. The molecule has 96 valence electrons. The number of nitrogens with zero attached hydrogens (tertiary/aromatic N) is 2. The molecule has 0 aliphatic rings. The Labute approximate surface area is 109 Å². The summed E-state index contributed by atoms with van der Waals surface area (Å²) >= 11 is 0. The largest absolute Gasteiger partial charge is 0.308 e. The molecule has 0 aliphatic heterocycles. The lowest BCUT2D eigenvalue weighted by molar-refractivity contribution is 0.438. The maximum atomic E-state index is 4.46. The highest BCUT2D eigenvalue weighted by molar-refractivity contribution is 5.18. The van der Waals surface area contributed by atoms with E-state index in [0.29, 0.717) is 6.04 Å². The van der Waals surface area contributed by atoms with Crippen LogP contribution in [-0.4, -0.2) is 16.3 Å². The second-order valence-electron chi connectivity index (χ2n) is 4.60. The molecule has 1 N–H and O–H groups in total. The molecule has 3 heteroatoms. The van der Waals surface area contributed by atoms with Crippen molar-refractivity contribution < 1.29 is 0 Å². The molecule has 0 radical (unpaired) electrons. The molecule has 1 aromatic carbocycles. The predicted molar refractivity (Wildman–Crippen MR) is 74.4 cm³/mol. The summed E-state index contributed by atoms with van der Waals surface area (Å²) in [5, 5.41) is 8.04. The first-order chi connectivity index (χ1) is 8.79. The van der Waals surface area contributed by atoms with Crippen LogP contribution in [0.3, 0.4) is 0 Å². The van der Waals surface area contributed by atoms with Gasteiger partial charge in [-0.05, 0) is 31.5 Å². The highest BCUT2D eigenvalue weighted by Gasteiger charge is 2.11. The van der Waals surface area contributed by atoms with E-state index in [-0.39, 0.29) is 0 Å². The standard InChI is InChI=1S/C15H21N3/c1-3-10-16-15(14-7-5-4-6-8-14)12-18-11-9-13(2)17-18/h4-9,11,15-16H,3,10,12H2,1-2H3. The Morgan fingerprint density at radius 3 is 2.61 bits per heavy atom. The van der Waals surface area contributed by atoms with Crippen LogP contribution in [0.5, 0.6) is 0 Å². The quantitative estimate of drug-likeness (QED) is 0.845. The number of benzene rings is 1. The summed E-state index contributed by atoms with van der Waals surface area (Å²) in [6.07, 6.45) is 3.18. The van der Waals surface area contributed by atoms with Crippen molar-refractivity contribution in [2.75, 3.05) is 6.54 Å². The number of aromatic nitrogens is 2. The van der Waals surface area contributed by atoms with E-state index in [2.05, 4.69) is 47.7 Å². The molecule has 1 unspecified atom stereocenters. The van der Waals surface area contributed by atoms with Crippen LogP contribution in [0.25, 0.3) is 0 Å². The van der Waals surface area contributed by atoms with Gasteiger partial charge in [0.25, 0.3) is 0 Å². The molecule has 2 aromatic rings. The van der Waals surface area contributed by atoms with E-state index in [0.717, 1.165) is 25.2 Å². The van der Waals surface area contributed by atoms with E-state index in [4.69, 9.17) is 0 Å². The van der Waals surface area contributed by atoms with E-state index in [1.165, 1.54) is 5.56 Å². The summed E-state index contributed by atoms with van der Waals surface area (Å²) in [6, 6.07) is 12.9. The van der Waals surface area contributed by atoms with E-state index in [1.807, 2.05) is 23.9 Å². The van der Waals surface area contributed by atoms with Crippen LogP contribution in [0, 0.1) is 6.92 Å². The lowest BCUT2D eigenvalue weighted by atomic mass is 10.1. The Kier molecular flexibility index (Phi) is 4.53. The van der Waals surface area contributed by atoms with Crippen molar-refractivity contribution in [2.45, 2.75) is 32.9 Å². The SMILES string of the molecule is CCCNC(Cn1ccc(C)n1)c1ccccc1. The van der Waals surface area contributed by atoms with Crippen molar-refractivity contribution in [1.82, 2.24) is 15.1 Å². The second-order valence-corrected chi connectivity index (χ2v) is 4.60. The molecule has 0 fully saturated rings. The third-order valence-electron chi connectivity index (χ3n) is 2.99. The molecule has 0 spiro atoms. The molecule has 3 nitrogen and oxygen atoms in total. The van der Waals surface area contributed by atoms with Crippen molar-refractivity contribution in [2.24, 2.45) is 0 Å². The van der Waals surface area contributed by atoms with Gasteiger partial charge in [-0.2, -0.15) is 5.10 Å². The summed E-state index contributed by atoms with van der Waals surface area (Å²) in [6.45, 7) is 6.11. The van der Waals surface area contributed by atoms with Gasteiger partial charge in [-0.3, -0.25) is 4.68 Å². The first kappa shape index (κ1) is 12.8. The molecule has 0 saturated carbocycles. The van der Waals surface area contributed by atoms with Gasteiger partial charge >= 0.3 is 0 Å². The van der Waals surface area contributed by atoms with Gasteiger partial charge in [0.2, 0.25) is 0 Å². The average molecular weight is 243 g/mol. The Hall–Kier alpha value is -1.61. The van der Waals surface area contributed by atoms with Crippen molar-refractivity contribution in [1.29, 1.82) is 0 Å². The summed E-state index contributed by atoms with van der Waals surface area (Å²) in [5.74, 6) is 0. The Morgan fingerprint density at radius 2 is 2.00 bits per heavy atom. The minimum atomic E-state index is 0.324. The van der Waals surface area contributed by atoms with Gasteiger partial charge in [0.1, 0.15) is 0 Å². The number of hydrogen-bond donors (Lipinski definition) is 1. The molecule has 0 amide bonds. The smallest absolute Gasteiger partial charge is 0.0604 e. The highest BCUT2D eigenvalue weighted by atomic mass is 15.3. The molecule has 18 heavy (non-hydrogen) atoms. The van der Waals surface area contributed by atoms with Crippen molar-refractivity contribution in [3.05, 3.63) is 53.9 Å². The molecule has 0 saturated heterocycles. The summed E-state index contributed by atoms with van der Waals surface area (Å²) in [4.78, 5) is 0. The van der Waals surface area contributed by atoms with Crippen molar-refractivity contribution >= 4 is 0 Å². The number of rotatable bonds is 6. The van der Waals surface area contributed by atoms with Gasteiger partial charge in [-0.25, -0.2) is 0 Å². The fraction of sp³-hybridized carbons (Fsp3) is 0.400. The van der Waals surface area contributed by atoms with Crippen LogP contribution in [-0.2, 0) is 6.54 Å². The topological polar surface area (TPSA) is 29.9 Å². The van der Waals surface area contributed by atoms with E-state index >= 15 is 0 Å². The zero-order valence-corrected chi connectivity index (χ0v) is 11.1. The minimum Gasteiger partial charge on any atom is -0.308 e. The van der Waals surface area contributed by atoms with Crippen LogP contribution in [0.1, 0.15) is 30.6 Å². The molecule has 1 atom stereocenters. The lowest BCUT2D eigenvalue weighted by Crippen LogP contribution is -2.26. The normalized spacial score (nSPS) is 12.6. The van der Waals surface area contributed by atoms with Crippen LogP contribution in [0.2, 0.25) is 0 Å². The number of aryl methyl sites for hydroxylation is 1. The van der Waals surface area contributed by atoms with Gasteiger partial charge in [0.15, 0.2) is 0 Å². The summed E-state index contributed by atoms with van der Waals surface area (Å²) < 4.78 is 2.01. The van der Waals surface area contributed by atoms with Gasteiger partial charge in [0, 0.05) is 6.20 Å². The Balaban J connectivity index is 2.10. The van der Waals surface area contributed by atoms with E-state index in [1.54, 1.807) is 0 Å². The molecule has 0 aliphatic carbocycles. The van der Waals surface area contributed by atoms with Crippen molar-refractivity contribution in [3.63, 3.8) is 0 Å². The average Bonchev–Trinajstić information content (AvgIpc) is 2.81. The zero-order chi connectivity index (χ0) is 12.8. The van der Waals surface area contributed by atoms with Crippen LogP contribution < -0.4 is 5.32 Å². The number of hydrogen-bond acceptors (Lipinski definition) is 2. The van der Waals surface area contributed by atoms with Gasteiger partial charge in [-0.1, -0.05) is 37.3 Å². The third kappa shape index (κ3) is 3.44. The fourth-order valence-corrected chi connectivity index (χ4v) is 2.04. The summed E-state index contributed by atoms with van der Waals surface area (Å²) in [7, 11) is 0. The predicted octanol–water partition coefficient (Wildman–Crippen LogP) is 2.93. The van der Waals surface area contributed by atoms with Crippen molar-refractivity contribution in [3.8, 4) is 0 Å². The maximum absolute atomic E-state index is 4.46. The second kappa shape index (κ2) is 6.36. The molecule has 2 rings (SSSR count). The lowest BCUT2D eigenvalue weighted by Gasteiger charge is -2.19. The molecule has 1 heterocycles. The van der Waals surface area contributed by atoms with Gasteiger partial charge in [0.05, 0.1) is 18.3 Å². The number of nitrogens with one attached hydrogen (secondary N) is 1.